The normalized spacial score (nSPS) is 11.0. The first-order valence-corrected chi connectivity index (χ1v) is 5.16. The van der Waals surface area contributed by atoms with Crippen LogP contribution in [0.1, 0.15) is 13.8 Å². The number of carboxylic acids is 1. The standard InChI is InChI=1S/C12H17NO4/c1-12(2,11(14)15)7-17-9-5-4-8(13)6-10(9)16-3/h4-6H,7,13H2,1-3H3,(H,14,15). The summed E-state index contributed by atoms with van der Waals surface area (Å²) >= 11 is 0. The van der Waals surface area contributed by atoms with Gasteiger partial charge in [-0.1, -0.05) is 0 Å². The molecule has 94 valence electrons. The lowest BCUT2D eigenvalue weighted by atomic mass is 9.95. The van der Waals surface area contributed by atoms with Gasteiger partial charge in [-0.15, -0.1) is 0 Å². The fourth-order valence-electron chi connectivity index (χ4n) is 1.12. The predicted octanol–water partition coefficient (Wildman–Crippen LogP) is 1.77. The molecule has 0 heterocycles. The maximum atomic E-state index is 10.9. The van der Waals surface area contributed by atoms with Gasteiger partial charge in [-0.25, -0.2) is 0 Å². The number of anilines is 1. The number of aliphatic carboxylic acids is 1. The molecule has 1 aromatic carbocycles. The van der Waals surface area contributed by atoms with Crippen molar-refractivity contribution in [3.8, 4) is 11.5 Å². The van der Waals surface area contributed by atoms with Crippen molar-refractivity contribution in [1.29, 1.82) is 0 Å². The smallest absolute Gasteiger partial charge is 0.312 e. The third-order valence-electron chi connectivity index (χ3n) is 2.36. The van der Waals surface area contributed by atoms with E-state index in [9.17, 15) is 4.79 Å². The van der Waals surface area contributed by atoms with Crippen LogP contribution in [0.15, 0.2) is 18.2 Å². The van der Waals surface area contributed by atoms with E-state index < -0.39 is 11.4 Å². The van der Waals surface area contributed by atoms with Gasteiger partial charge in [0.25, 0.3) is 0 Å². The Kier molecular flexibility index (Phi) is 3.83. The molecule has 0 amide bonds. The number of hydrogen-bond donors (Lipinski definition) is 2. The van der Waals surface area contributed by atoms with Crippen molar-refractivity contribution in [2.75, 3.05) is 19.5 Å². The first-order chi connectivity index (χ1) is 7.86. The highest BCUT2D eigenvalue weighted by Gasteiger charge is 2.28. The van der Waals surface area contributed by atoms with Gasteiger partial charge in [0.15, 0.2) is 11.5 Å². The Labute approximate surface area is 100 Å². The zero-order valence-corrected chi connectivity index (χ0v) is 10.2. The van der Waals surface area contributed by atoms with E-state index in [4.69, 9.17) is 20.3 Å². The van der Waals surface area contributed by atoms with Crippen molar-refractivity contribution in [2.24, 2.45) is 5.41 Å². The highest BCUT2D eigenvalue weighted by atomic mass is 16.5. The molecule has 3 N–H and O–H groups in total. The summed E-state index contributed by atoms with van der Waals surface area (Å²) in [4.78, 5) is 10.9. The molecule has 0 aliphatic heterocycles. The summed E-state index contributed by atoms with van der Waals surface area (Å²) in [5, 5.41) is 8.96. The molecule has 0 aliphatic carbocycles. The lowest BCUT2D eigenvalue weighted by molar-refractivity contribution is -0.148. The van der Waals surface area contributed by atoms with Gasteiger partial charge in [0.2, 0.25) is 0 Å². The first-order valence-electron chi connectivity index (χ1n) is 5.16. The van der Waals surface area contributed by atoms with Gasteiger partial charge in [0.05, 0.1) is 12.5 Å². The lowest BCUT2D eigenvalue weighted by Crippen LogP contribution is -2.30. The van der Waals surface area contributed by atoms with E-state index in [1.807, 2.05) is 0 Å². The van der Waals surface area contributed by atoms with E-state index in [1.165, 1.54) is 7.11 Å². The molecule has 0 atom stereocenters. The van der Waals surface area contributed by atoms with Gasteiger partial charge in [-0.05, 0) is 26.0 Å². The van der Waals surface area contributed by atoms with Crippen LogP contribution in [0.25, 0.3) is 0 Å². The number of rotatable bonds is 5. The number of carboxylic acid groups (broad SMARTS) is 1. The van der Waals surface area contributed by atoms with Crippen LogP contribution in [0.4, 0.5) is 5.69 Å². The van der Waals surface area contributed by atoms with E-state index in [0.717, 1.165) is 0 Å². The van der Waals surface area contributed by atoms with Crippen LogP contribution in [0.3, 0.4) is 0 Å². The highest BCUT2D eigenvalue weighted by Crippen LogP contribution is 2.30. The number of ether oxygens (including phenoxy) is 2. The molecule has 0 bridgehead atoms. The molecule has 17 heavy (non-hydrogen) atoms. The molecule has 0 saturated carbocycles. The van der Waals surface area contributed by atoms with Crippen molar-refractivity contribution >= 4 is 11.7 Å². The van der Waals surface area contributed by atoms with Gasteiger partial charge in [0, 0.05) is 11.8 Å². The van der Waals surface area contributed by atoms with Gasteiger partial charge in [0.1, 0.15) is 6.61 Å². The molecule has 0 fully saturated rings. The average Bonchev–Trinajstić information content (AvgIpc) is 2.27. The van der Waals surface area contributed by atoms with Crippen LogP contribution in [0, 0.1) is 5.41 Å². The van der Waals surface area contributed by atoms with Crippen molar-refractivity contribution < 1.29 is 19.4 Å². The Morgan fingerprint density at radius 3 is 2.59 bits per heavy atom. The van der Waals surface area contributed by atoms with Gasteiger partial charge in [-0.2, -0.15) is 0 Å². The monoisotopic (exact) mass is 239 g/mol. The molecule has 0 aromatic heterocycles. The Bertz CT molecular complexity index is 415. The molecule has 0 unspecified atom stereocenters. The zero-order chi connectivity index (χ0) is 13.1. The molecule has 1 aromatic rings. The molecule has 1 rings (SSSR count). The molecule has 5 heteroatoms. The topological polar surface area (TPSA) is 81.8 Å². The van der Waals surface area contributed by atoms with E-state index >= 15 is 0 Å². The van der Waals surface area contributed by atoms with E-state index in [2.05, 4.69) is 0 Å². The summed E-state index contributed by atoms with van der Waals surface area (Å²) in [7, 11) is 1.50. The largest absolute Gasteiger partial charge is 0.493 e. The number of methoxy groups -OCH3 is 1. The second-order valence-electron chi connectivity index (χ2n) is 4.39. The summed E-state index contributed by atoms with van der Waals surface area (Å²) in [5.74, 6) is 0.0640. The predicted molar refractivity (Wildman–Crippen MR) is 64.3 cm³/mol. The lowest BCUT2D eigenvalue weighted by Gasteiger charge is -2.20. The average molecular weight is 239 g/mol. The fraction of sp³-hybridized carbons (Fsp3) is 0.417. The highest BCUT2D eigenvalue weighted by molar-refractivity contribution is 5.73. The second kappa shape index (κ2) is 4.95. The number of nitrogen functional groups attached to an aromatic ring is 1. The quantitative estimate of drug-likeness (QED) is 0.765. The Balaban J connectivity index is 2.79. The minimum absolute atomic E-state index is 0.0581. The summed E-state index contributed by atoms with van der Waals surface area (Å²) in [6.45, 7) is 3.25. The minimum Gasteiger partial charge on any atom is -0.493 e. The van der Waals surface area contributed by atoms with Crippen LogP contribution >= 0.6 is 0 Å². The SMILES string of the molecule is COc1cc(N)ccc1OCC(C)(C)C(=O)O. The summed E-state index contributed by atoms with van der Waals surface area (Å²) < 4.78 is 10.5. The summed E-state index contributed by atoms with van der Waals surface area (Å²) in [6.07, 6.45) is 0. The van der Waals surface area contributed by atoms with Gasteiger partial charge < -0.3 is 20.3 Å². The Morgan fingerprint density at radius 1 is 1.41 bits per heavy atom. The van der Waals surface area contributed by atoms with E-state index in [0.29, 0.717) is 17.2 Å². The number of benzene rings is 1. The van der Waals surface area contributed by atoms with Crippen molar-refractivity contribution in [3.63, 3.8) is 0 Å². The fourth-order valence-corrected chi connectivity index (χ4v) is 1.12. The van der Waals surface area contributed by atoms with Crippen molar-refractivity contribution in [3.05, 3.63) is 18.2 Å². The van der Waals surface area contributed by atoms with Gasteiger partial charge in [-0.3, -0.25) is 4.79 Å². The molecular weight excluding hydrogens is 222 g/mol. The van der Waals surface area contributed by atoms with Crippen LogP contribution < -0.4 is 15.2 Å². The Morgan fingerprint density at radius 2 is 2.06 bits per heavy atom. The Hall–Kier alpha value is -1.91. The number of carbonyl (C=O) groups is 1. The molecule has 0 aliphatic rings. The third kappa shape index (κ3) is 3.27. The minimum atomic E-state index is -0.952. The summed E-state index contributed by atoms with van der Waals surface area (Å²) in [6, 6.07) is 4.96. The molecule has 0 spiro atoms. The maximum Gasteiger partial charge on any atom is 0.312 e. The number of hydrogen-bond acceptors (Lipinski definition) is 4. The zero-order valence-electron chi connectivity index (χ0n) is 10.2. The first kappa shape index (κ1) is 13.2. The van der Waals surface area contributed by atoms with E-state index in [1.54, 1.807) is 32.0 Å². The molecule has 0 saturated heterocycles. The second-order valence-corrected chi connectivity index (χ2v) is 4.39. The summed E-state index contributed by atoms with van der Waals surface area (Å²) in [5.41, 5.74) is 5.21. The molecule has 5 nitrogen and oxygen atoms in total. The van der Waals surface area contributed by atoms with E-state index in [-0.39, 0.29) is 6.61 Å². The van der Waals surface area contributed by atoms with Crippen LogP contribution in [0.2, 0.25) is 0 Å². The maximum absolute atomic E-state index is 10.9. The van der Waals surface area contributed by atoms with Gasteiger partial charge >= 0.3 is 5.97 Å². The van der Waals surface area contributed by atoms with Crippen LogP contribution in [-0.2, 0) is 4.79 Å². The van der Waals surface area contributed by atoms with Crippen LogP contribution in [0.5, 0.6) is 11.5 Å². The molecule has 0 radical (unpaired) electrons. The number of nitrogens with two attached hydrogens (primary N) is 1. The van der Waals surface area contributed by atoms with Crippen LogP contribution in [-0.4, -0.2) is 24.8 Å². The molecular formula is C12H17NO4. The van der Waals surface area contributed by atoms with Crippen molar-refractivity contribution in [2.45, 2.75) is 13.8 Å². The van der Waals surface area contributed by atoms with Crippen molar-refractivity contribution in [1.82, 2.24) is 0 Å². The third-order valence-corrected chi connectivity index (χ3v) is 2.36.